The van der Waals surface area contributed by atoms with Crippen LogP contribution >= 0.6 is 24.5 Å². The van der Waals surface area contributed by atoms with Gasteiger partial charge in [-0.05, 0) is 37.5 Å². The first-order chi connectivity index (χ1) is 22.4. The van der Waals surface area contributed by atoms with Gasteiger partial charge >= 0.3 is 0 Å². The number of hydrogen-bond donors (Lipinski definition) is 0. The fraction of sp³-hybridized carbons (Fsp3) is 0.867. The zero-order chi connectivity index (χ0) is 35.8. The molecule has 0 spiro atoms. The predicted molar refractivity (Wildman–Crippen MR) is 180 cm³/mol. The fourth-order valence-electron chi connectivity index (χ4n) is 3.74. The average Bonchev–Trinajstić information content (AvgIpc) is 3.11. The molecular formula is C30H56N8O6S2. The van der Waals surface area contributed by atoms with Gasteiger partial charge in [0, 0.05) is 26.2 Å². The molecule has 0 saturated heterocycles. The van der Waals surface area contributed by atoms with Crippen LogP contribution in [0.25, 0.3) is 11.2 Å². The third-order valence-electron chi connectivity index (χ3n) is 6.54. The standard InChI is InChI=1S/C19H35N3O2S.C11H19N3O2S.2HNO/c1-5-9-11-17(7-3)15-22(16-18(8-4)12-10-6-2)25-24-23-19(13-20)14-21;1-3-5-7-14(8-6-4-2)17-16-15-11(9-12)10-13;2*1-2/h17-19H,5-12,15-16H2,1-4H3;11H,3-8H2,1-2H3;2*2H. The Kier molecular flexibility index (Phi) is 46.8. The van der Waals surface area contributed by atoms with Gasteiger partial charge in [0.1, 0.15) is 48.7 Å². The van der Waals surface area contributed by atoms with Gasteiger partial charge in [-0.1, -0.05) is 92.9 Å². The van der Waals surface area contributed by atoms with E-state index in [1.54, 1.807) is 24.3 Å². The van der Waals surface area contributed by atoms with Crippen molar-refractivity contribution >= 4 is 24.5 Å². The second kappa shape index (κ2) is 42.6. The molecule has 0 aromatic carbocycles. The summed E-state index contributed by atoms with van der Waals surface area (Å²) in [5.41, 5.74) is 12.0. The van der Waals surface area contributed by atoms with Gasteiger partial charge in [-0.2, -0.15) is 30.8 Å². The van der Waals surface area contributed by atoms with Crippen molar-refractivity contribution in [3.63, 3.8) is 0 Å². The molecule has 16 heteroatoms. The first kappa shape index (κ1) is 50.5. The molecule has 0 amide bonds. The predicted octanol–water partition coefficient (Wildman–Crippen LogP) is 8.69. The molecule has 2 atom stereocenters. The molecule has 2 N–H and O–H groups in total. The van der Waals surface area contributed by atoms with Crippen LogP contribution in [0.5, 0.6) is 0 Å². The van der Waals surface area contributed by atoms with Crippen molar-refractivity contribution in [1.82, 2.24) is 8.61 Å². The lowest BCUT2D eigenvalue weighted by atomic mass is 9.97. The van der Waals surface area contributed by atoms with Gasteiger partial charge in [0.2, 0.25) is 0 Å². The summed E-state index contributed by atoms with van der Waals surface area (Å²) in [5, 5.41) is 34.5. The second-order valence-electron chi connectivity index (χ2n) is 10.1. The van der Waals surface area contributed by atoms with Gasteiger partial charge in [0.05, 0.1) is 0 Å². The fourth-order valence-corrected chi connectivity index (χ4v) is 5.09. The molecule has 0 bridgehead atoms. The molecule has 0 aromatic rings. The topological polar surface area (TPSA) is 226 Å². The average molecular weight is 689 g/mol. The maximum Gasteiger partial charge on any atom is 0.265 e. The molecule has 0 fully saturated rings. The number of nitriles is 4. The number of nitroso groups, excluding NO2 is 2. The normalized spacial score (nSPS) is 11.4. The van der Waals surface area contributed by atoms with E-state index in [0.29, 0.717) is 11.8 Å². The quantitative estimate of drug-likeness (QED) is 0.0273. The summed E-state index contributed by atoms with van der Waals surface area (Å²) < 4.78 is 14.2. The molecule has 0 aliphatic carbocycles. The van der Waals surface area contributed by atoms with Crippen LogP contribution in [0.2, 0.25) is 0 Å². The van der Waals surface area contributed by atoms with Crippen LogP contribution in [0.4, 0.5) is 0 Å². The number of rotatable bonds is 26. The molecule has 0 radical (unpaired) electrons. The number of unbranched alkanes of at least 4 members (excludes halogenated alkanes) is 4. The van der Waals surface area contributed by atoms with Crippen molar-refractivity contribution in [3.8, 4) is 24.3 Å². The van der Waals surface area contributed by atoms with Crippen molar-refractivity contribution in [3.05, 3.63) is 11.2 Å². The second-order valence-corrected chi connectivity index (χ2v) is 11.7. The lowest BCUT2D eigenvalue weighted by Crippen LogP contribution is -2.29. The summed E-state index contributed by atoms with van der Waals surface area (Å²) in [6, 6.07) is 6.83. The van der Waals surface area contributed by atoms with Gasteiger partial charge in [0.25, 0.3) is 12.2 Å². The van der Waals surface area contributed by atoms with E-state index < -0.39 is 12.2 Å². The summed E-state index contributed by atoms with van der Waals surface area (Å²) >= 11 is 2.21. The molecule has 0 heterocycles. The van der Waals surface area contributed by atoms with Gasteiger partial charge in [-0.3, -0.25) is 0 Å². The minimum Gasteiger partial charge on any atom is -0.351 e. The van der Waals surface area contributed by atoms with Crippen LogP contribution < -0.4 is 0 Å². The monoisotopic (exact) mass is 688 g/mol. The van der Waals surface area contributed by atoms with Crippen LogP contribution in [-0.2, 0) is 18.4 Å². The van der Waals surface area contributed by atoms with Crippen molar-refractivity contribution in [1.29, 1.82) is 21.0 Å². The molecule has 0 saturated carbocycles. The highest BCUT2D eigenvalue weighted by Gasteiger charge is 2.19. The van der Waals surface area contributed by atoms with Crippen LogP contribution in [-0.4, -0.2) is 56.8 Å². The SMILES string of the molecule is CCCCC(CC)CN(CC(CC)CCCC)SOOC(C#N)C#N.CCCCN(CCCC)SOOC(C#N)C#N.[N-]=[OH+].[N-]=[OH+]. The van der Waals surface area contributed by atoms with Gasteiger partial charge in [0.15, 0.2) is 0 Å². The first-order valence-electron chi connectivity index (χ1n) is 15.9. The molecule has 0 aliphatic heterocycles. The van der Waals surface area contributed by atoms with Crippen molar-refractivity contribution < 1.29 is 28.3 Å². The minimum atomic E-state index is -1.18. The van der Waals surface area contributed by atoms with E-state index in [0.717, 1.165) is 89.2 Å². The Labute approximate surface area is 286 Å². The molecule has 0 rings (SSSR count). The van der Waals surface area contributed by atoms with Crippen LogP contribution in [0, 0.1) is 57.2 Å². The summed E-state index contributed by atoms with van der Waals surface area (Å²) in [7, 11) is 0. The highest BCUT2D eigenvalue weighted by Crippen LogP contribution is 2.24. The highest BCUT2D eigenvalue weighted by atomic mass is 32.2. The van der Waals surface area contributed by atoms with E-state index in [4.69, 9.17) is 55.6 Å². The summed E-state index contributed by atoms with van der Waals surface area (Å²) in [6.07, 6.45) is 11.7. The zero-order valence-corrected chi connectivity index (χ0v) is 30.2. The van der Waals surface area contributed by atoms with E-state index in [2.05, 4.69) is 50.7 Å². The van der Waals surface area contributed by atoms with Crippen molar-refractivity contribution in [2.24, 2.45) is 11.8 Å². The van der Waals surface area contributed by atoms with Crippen molar-refractivity contribution in [2.45, 2.75) is 131 Å². The molecule has 0 aromatic heterocycles. The van der Waals surface area contributed by atoms with Crippen molar-refractivity contribution in [2.75, 3.05) is 26.2 Å². The van der Waals surface area contributed by atoms with Crippen LogP contribution in [0.1, 0.15) is 119 Å². The maximum absolute atomic E-state index is 8.75. The third kappa shape index (κ3) is 33.0. The Morgan fingerprint density at radius 3 is 1.17 bits per heavy atom. The van der Waals surface area contributed by atoms with Gasteiger partial charge in [-0.25, -0.2) is 8.61 Å². The van der Waals surface area contributed by atoms with E-state index in [9.17, 15) is 0 Å². The lowest BCUT2D eigenvalue weighted by molar-refractivity contribution is -0.202. The maximum atomic E-state index is 8.75. The Hall–Kier alpha value is -2.38. The first-order valence-corrected chi connectivity index (χ1v) is 17.3. The largest absolute Gasteiger partial charge is 0.351 e. The summed E-state index contributed by atoms with van der Waals surface area (Å²) in [5.74, 6) is 1.25. The Bertz CT molecular complexity index is 769. The zero-order valence-electron chi connectivity index (χ0n) is 28.5. The van der Waals surface area contributed by atoms with E-state index in [1.807, 2.05) is 4.31 Å². The summed E-state index contributed by atoms with van der Waals surface area (Å²) in [6.45, 7) is 16.9. The van der Waals surface area contributed by atoms with E-state index >= 15 is 0 Å². The molecule has 264 valence electrons. The number of hydrogen-bond acceptors (Lipinski definition) is 12. The highest BCUT2D eigenvalue weighted by molar-refractivity contribution is 7.92. The molecule has 46 heavy (non-hydrogen) atoms. The molecule has 0 aliphatic rings. The Morgan fingerprint density at radius 2 is 0.891 bits per heavy atom. The smallest absolute Gasteiger partial charge is 0.265 e. The summed E-state index contributed by atoms with van der Waals surface area (Å²) in [4.78, 5) is 21.5. The third-order valence-corrected chi connectivity index (χ3v) is 7.91. The Morgan fingerprint density at radius 1 is 0.565 bits per heavy atom. The molecular weight excluding hydrogens is 633 g/mol. The lowest BCUT2D eigenvalue weighted by Gasteiger charge is -2.28. The molecule has 2 unspecified atom stereocenters. The van der Waals surface area contributed by atoms with Gasteiger partial charge < -0.3 is 21.0 Å². The van der Waals surface area contributed by atoms with Crippen LogP contribution in [0.3, 0.4) is 0 Å². The minimum absolute atomic E-state index is 0.627. The van der Waals surface area contributed by atoms with Gasteiger partial charge in [-0.15, -0.1) is 8.67 Å². The van der Waals surface area contributed by atoms with E-state index in [1.165, 1.54) is 38.5 Å². The van der Waals surface area contributed by atoms with Crippen LogP contribution in [0.15, 0.2) is 0 Å². The molecule has 14 nitrogen and oxygen atoms in total. The Balaban J connectivity index is -0.000000365. The van der Waals surface area contributed by atoms with E-state index in [-0.39, 0.29) is 0 Å². The number of nitrogens with zero attached hydrogens (tertiary/aromatic N) is 8.